The van der Waals surface area contributed by atoms with Crippen molar-refractivity contribution < 1.29 is 18.3 Å². The van der Waals surface area contributed by atoms with Gasteiger partial charge in [-0.2, -0.15) is 20.5 Å². The molecule has 1 amide bonds. The highest BCUT2D eigenvalue weighted by Crippen LogP contribution is 2.14. The molecule has 0 aliphatic rings. The Bertz CT molecular complexity index is 429. The first-order valence-electron chi connectivity index (χ1n) is 6.59. The summed E-state index contributed by atoms with van der Waals surface area (Å²) in [4.78, 5) is 11.7. The van der Waals surface area contributed by atoms with Gasteiger partial charge in [-0.3, -0.25) is 4.79 Å². The lowest BCUT2D eigenvalue weighted by molar-refractivity contribution is -0.122. The van der Waals surface area contributed by atoms with Gasteiger partial charge in [0.2, 0.25) is 5.91 Å². The predicted octanol–water partition coefficient (Wildman–Crippen LogP) is 2.03. The van der Waals surface area contributed by atoms with E-state index in [0.717, 1.165) is 11.3 Å². The van der Waals surface area contributed by atoms with Gasteiger partial charge in [-0.05, 0) is 42.5 Å². The summed E-state index contributed by atoms with van der Waals surface area (Å²) in [5.74, 6) is 0.804. The topological polar surface area (TPSA) is 64.4 Å². The summed E-state index contributed by atoms with van der Waals surface area (Å²) in [7, 11) is 0. The van der Waals surface area contributed by atoms with E-state index >= 15 is 0 Å². The number of hydrogen-bond acceptors (Lipinski definition) is 4. The van der Waals surface area contributed by atoms with E-state index in [1.807, 2.05) is 6.26 Å². The van der Waals surface area contributed by atoms with Crippen LogP contribution in [0.25, 0.3) is 0 Å². The van der Waals surface area contributed by atoms with E-state index in [1.165, 1.54) is 12.1 Å². The van der Waals surface area contributed by atoms with E-state index < -0.39 is 12.7 Å². The zero-order valence-electron chi connectivity index (χ0n) is 11.9. The molecule has 0 unspecified atom stereocenters. The van der Waals surface area contributed by atoms with Gasteiger partial charge in [-0.1, -0.05) is 12.1 Å². The van der Waals surface area contributed by atoms with Crippen molar-refractivity contribution in [2.24, 2.45) is 5.73 Å². The first kappa shape index (κ1) is 17.7. The van der Waals surface area contributed by atoms with E-state index in [4.69, 9.17) is 5.73 Å². The SMILES string of the molecule is CSCC[C@@H](N)C(=O)NCCc1ccc(OC(F)F)cc1. The fourth-order valence-corrected chi connectivity index (χ4v) is 2.16. The monoisotopic (exact) mass is 318 g/mol. The van der Waals surface area contributed by atoms with Crippen LogP contribution in [0.5, 0.6) is 5.75 Å². The molecule has 118 valence electrons. The second-order valence-electron chi connectivity index (χ2n) is 4.45. The molecule has 1 rings (SSSR count). The Morgan fingerprint density at radius 3 is 2.62 bits per heavy atom. The second kappa shape index (κ2) is 9.57. The molecular weight excluding hydrogens is 298 g/mol. The zero-order valence-corrected chi connectivity index (χ0v) is 12.7. The van der Waals surface area contributed by atoms with Gasteiger partial charge in [-0.25, -0.2) is 0 Å². The number of rotatable bonds is 9. The van der Waals surface area contributed by atoms with Gasteiger partial charge >= 0.3 is 6.61 Å². The van der Waals surface area contributed by atoms with Crippen LogP contribution >= 0.6 is 11.8 Å². The number of benzene rings is 1. The molecule has 0 heterocycles. The average Bonchev–Trinajstić information content (AvgIpc) is 2.45. The number of thioether (sulfide) groups is 1. The third kappa shape index (κ3) is 7.29. The Morgan fingerprint density at radius 2 is 2.05 bits per heavy atom. The highest BCUT2D eigenvalue weighted by molar-refractivity contribution is 7.98. The minimum Gasteiger partial charge on any atom is -0.435 e. The lowest BCUT2D eigenvalue weighted by Gasteiger charge is -2.11. The van der Waals surface area contributed by atoms with Crippen LogP contribution in [-0.2, 0) is 11.2 Å². The van der Waals surface area contributed by atoms with Crippen LogP contribution in [0, 0.1) is 0 Å². The quantitative estimate of drug-likeness (QED) is 0.731. The molecule has 21 heavy (non-hydrogen) atoms. The number of ether oxygens (including phenoxy) is 1. The summed E-state index contributed by atoms with van der Waals surface area (Å²) in [6, 6.07) is 5.86. The Kier molecular flexibility index (Phi) is 8.07. The van der Waals surface area contributed by atoms with E-state index in [0.29, 0.717) is 19.4 Å². The van der Waals surface area contributed by atoms with Crippen LogP contribution in [0.3, 0.4) is 0 Å². The van der Waals surface area contributed by atoms with Crippen LogP contribution < -0.4 is 15.8 Å². The smallest absolute Gasteiger partial charge is 0.387 e. The Hall–Kier alpha value is -1.34. The van der Waals surface area contributed by atoms with Crippen LogP contribution in [0.2, 0.25) is 0 Å². The molecule has 4 nitrogen and oxygen atoms in total. The van der Waals surface area contributed by atoms with Gasteiger partial charge in [0.25, 0.3) is 0 Å². The summed E-state index contributed by atoms with van der Waals surface area (Å²) in [5.41, 5.74) is 6.66. The van der Waals surface area contributed by atoms with Crippen LogP contribution in [0.4, 0.5) is 8.78 Å². The predicted molar refractivity (Wildman–Crippen MR) is 80.8 cm³/mol. The Balaban J connectivity index is 2.30. The maximum absolute atomic E-state index is 12.0. The van der Waals surface area contributed by atoms with Crippen molar-refractivity contribution in [2.75, 3.05) is 18.6 Å². The number of nitrogens with one attached hydrogen (secondary N) is 1. The summed E-state index contributed by atoms with van der Waals surface area (Å²) in [6.45, 7) is -2.36. The molecular formula is C14H20F2N2O2S. The van der Waals surface area contributed by atoms with Crippen LogP contribution in [0.1, 0.15) is 12.0 Å². The molecule has 1 aromatic carbocycles. The van der Waals surface area contributed by atoms with Crippen molar-refractivity contribution in [3.05, 3.63) is 29.8 Å². The van der Waals surface area contributed by atoms with Crippen molar-refractivity contribution in [3.63, 3.8) is 0 Å². The summed E-state index contributed by atoms with van der Waals surface area (Å²) < 4.78 is 28.2. The molecule has 0 bridgehead atoms. The molecule has 0 aliphatic heterocycles. The second-order valence-corrected chi connectivity index (χ2v) is 5.44. The molecule has 1 atom stereocenters. The van der Waals surface area contributed by atoms with E-state index in [1.54, 1.807) is 23.9 Å². The van der Waals surface area contributed by atoms with Crippen molar-refractivity contribution in [3.8, 4) is 5.75 Å². The molecule has 0 saturated carbocycles. The molecule has 0 radical (unpaired) electrons. The molecule has 0 aromatic heterocycles. The van der Waals surface area contributed by atoms with Gasteiger partial charge in [0.1, 0.15) is 5.75 Å². The van der Waals surface area contributed by atoms with Gasteiger partial charge in [0, 0.05) is 6.54 Å². The molecule has 3 N–H and O–H groups in total. The van der Waals surface area contributed by atoms with Crippen molar-refractivity contribution in [2.45, 2.75) is 25.5 Å². The summed E-state index contributed by atoms with van der Waals surface area (Å²) in [5, 5.41) is 2.76. The molecule has 1 aromatic rings. The first-order chi connectivity index (χ1) is 10.0. The molecule has 0 aliphatic carbocycles. The highest BCUT2D eigenvalue weighted by Gasteiger charge is 2.11. The van der Waals surface area contributed by atoms with Crippen LogP contribution in [0.15, 0.2) is 24.3 Å². The van der Waals surface area contributed by atoms with Crippen molar-refractivity contribution in [1.82, 2.24) is 5.32 Å². The number of amides is 1. The molecule has 0 saturated heterocycles. The zero-order chi connectivity index (χ0) is 15.7. The molecule has 0 spiro atoms. The van der Waals surface area contributed by atoms with Crippen molar-refractivity contribution >= 4 is 17.7 Å². The number of carbonyl (C=O) groups is 1. The third-order valence-corrected chi connectivity index (χ3v) is 3.48. The number of nitrogens with two attached hydrogens (primary N) is 1. The van der Waals surface area contributed by atoms with Gasteiger partial charge in [0.15, 0.2) is 0 Å². The number of hydrogen-bond donors (Lipinski definition) is 2. The molecule has 0 fully saturated rings. The first-order valence-corrected chi connectivity index (χ1v) is 7.98. The Morgan fingerprint density at radius 1 is 1.38 bits per heavy atom. The van der Waals surface area contributed by atoms with Gasteiger partial charge in [-0.15, -0.1) is 0 Å². The summed E-state index contributed by atoms with van der Waals surface area (Å²) >= 11 is 1.65. The molecule has 7 heteroatoms. The average molecular weight is 318 g/mol. The minimum absolute atomic E-state index is 0.122. The largest absolute Gasteiger partial charge is 0.435 e. The van der Waals surface area contributed by atoms with E-state index in [2.05, 4.69) is 10.1 Å². The number of alkyl halides is 2. The van der Waals surface area contributed by atoms with Gasteiger partial charge < -0.3 is 15.8 Å². The third-order valence-electron chi connectivity index (χ3n) is 2.83. The fourth-order valence-electron chi connectivity index (χ4n) is 1.67. The Labute approximate surface area is 127 Å². The normalized spacial score (nSPS) is 12.2. The fraction of sp³-hybridized carbons (Fsp3) is 0.500. The number of halogens is 2. The lowest BCUT2D eigenvalue weighted by Crippen LogP contribution is -2.41. The maximum Gasteiger partial charge on any atom is 0.387 e. The maximum atomic E-state index is 12.0. The standard InChI is InChI=1S/C14H20F2N2O2S/c1-21-9-7-12(17)13(19)18-8-6-10-2-4-11(5-3-10)20-14(15)16/h2-5,12,14H,6-9,17H2,1H3,(H,18,19)/t12-/m1/s1. The van der Waals surface area contributed by atoms with E-state index in [-0.39, 0.29) is 11.7 Å². The highest BCUT2D eigenvalue weighted by atomic mass is 32.2. The van der Waals surface area contributed by atoms with E-state index in [9.17, 15) is 13.6 Å². The van der Waals surface area contributed by atoms with Crippen LogP contribution in [-0.4, -0.2) is 37.1 Å². The van der Waals surface area contributed by atoms with Gasteiger partial charge in [0.05, 0.1) is 6.04 Å². The lowest BCUT2D eigenvalue weighted by atomic mass is 10.1. The minimum atomic E-state index is -2.82. The number of carbonyl (C=O) groups excluding carboxylic acids is 1. The summed E-state index contributed by atoms with van der Waals surface area (Å²) in [6.07, 6.45) is 3.22. The van der Waals surface area contributed by atoms with Crippen molar-refractivity contribution in [1.29, 1.82) is 0 Å².